The van der Waals surface area contributed by atoms with Gasteiger partial charge >= 0.3 is 6.09 Å². The maximum absolute atomic E-state index is 14.4. The van der Waals surface area contributed by atoms with Gasteiger partial charge in [-0.05, 0) is 58.1 Å². The summed E-state index contributed by atoms with van der Waals surface area (Å²) in [7, 11) is 1.70. The third-order valence-corrected chi connectivity index (χ3v) is 6.99. The molecule has 1 fully saturated rings. The Hall–Kier alpha value is -3.47. The number of nitrogens with zero attached hydrogens (tertiary/aromatic N) is 6. The summed E-state index contributed by atoms with van der Waals surface area (Å²) in [6.45, 7) is 12.4. The molecular weight excluding hydrogens is 510 g/mol. The molecule has 1 saturated heterocycles. The lowest BCUT2D eigenvalue weighted by atomic mass is 9.92. The number of hydrogen-bond acceptors (Lipinski definition) is 7. The SMILES string of the molecule is COCCCCn1c(C(=O)N(CC(C)C)[C@H]2C[C@@H](c3nnc[nH]3)CN(C(=O)OC(C)(C)C)C2)nc2ccccc21. The third kappa shape index (κ3) is 7.18. The summed E-state index contributed by atoms with van der Waals surface area (Å²) in [5.74, 6) is 1.07. The standard InChI is InChI=1S/C29H43N7O4/c1-20(2)16-36(27(37)26-32-23-11-7-8-12-24(23)35(26)13-9-10-14-39-6)22-15-21(25-30-19-31-33-25)17-34(18-22)28(38)40-29(3,4)5/h7-8,11-12,19-22H,9-10,13-18H2,1-6H3,(H,30,31,33)/t21-,22+/m1/s1. The molecule has 1 aromatic carbocycles. The molecule has 0 radical (unpaired) electrons. The minimum Gasteiger partial charge on any atom is -0.444 e. The fraction of sp³-hybridized carbons (Fsp3) is 0.621. The smallest absolute Gasteiger partial charge is 0.410 e. The Labute approximate surface area is 236 Å². The normalized spacial score (nSPS) is 17.9. The second-order valence-electron chi connectivity index (χ2n) is 12.0. The number of rotatable bonds is 10. The highest BCUT2D eigenvalue weighted by Crippen LogP contribution is 2.30. The summed E-state index contributed by atoms with van der Waals surface area (Å²) in [6.07, 6.45) is 3.53. The van der Waals surface area contributed by atoms with Gasteiger partial charge in [0.05, 0.1) is 17.1 Å². The van der Waals surface area contributed by atoms with Crippen molar-refractivity contribution in [2.45, 2.75) is 78.0 Å². The Morgan fingerprint density at radius 1 is 1.18 bits per heavy atom. The van der Waals surface area contributed by atoms with Crippen molar-refractivity contribution in [1.82, 2.24) is 34.5 Å². The highest BCUT2D eigenvalue weighted by Gasteiger charge is 2.39. The number of amides is 2. The van der Waals surface area contributed by atoms with Crippen LogP contribution in [0.15, 0.2) is 30.6 Å². The van der Waals surface area contributed by atoms with Crippen molar-refractivity contribution in [3.63, 3.8) is 0 Å². The number of aromatic amines is 1. The van der Waals surface area contributed by atoms with E-state index in [-0.39, 0.29) is 23.8 Å². The minimum atomic E-state index is -0.632. The Bertz CT molecular complexity index is 1270. The first kappa shape index (κ1) is 29.5. The number of piperidine rings is 1. The van der Waals surface area contributed by atoms with Gasteiger partial charge in [0.1, 0.15) is 17.8 Å². The first-order valence-corrected chi connectivity index (χ1v) is 14.2. The summed E-state index contributed by atoms with van der Waals surface area (Å²) in [4.78, 5) is 39.1. The van der Waals surface area contributed by atoms with Crippen molar-refractivity contribution in [1.29, 1.82) is 0 Å². The lowest BCUT2D eigenvalue weighted by Crippen LogP contribution is -2.55. The maximum Gasteiger partial charge on any atom is 0.410 e. The summed E-state index contributed by atoms with van der Waals surface area (Å²) in [6, 6.07) is 7.60. The van der Waals surface area contributed by atoms with E-state index >= 15 is 0 Å². The lowest BCUT2D eigenvalue weighted by molar-refractivity contribution is 0.00582. The number of para-hydroxylation sites is 2. The van der Waals surface area contributed by atoms with E-state index in [2.05, 4.69) is 29.0 Å². The Morgan fingerprint density at radius 3 is 2.62 bits per heavy atom. The molecule has 11 heteroatoms. The molecule has 0 spiro atoms. The topological polar surface area (TPSA) is 118 Å². The van der Waals surface area contributed by atoms with E-state index in [1.54, 1.807) is 18.3 Å². The van der Waals surface area contributed by atoms with Gasteiger partial charge < -0.3 is 28.8 Å². The number of H-pyrrole nitrogens is 1. The molecule has 40 heavy (non-hydrogen) atoms. The molecule has 4 rings (SSSR count). The van der Waals surface area contributed by atoms with Crippen LogP contribution < -0.4 is 0 Å². The molecule has 1 aliphatic heterocycles. The van der Waals surface area contributed by atoms with Crippen LogP contribution in [0, 0.1) is 5.92 Å². The number of aryl methyl sites for hydroxylation is 1. The van der Waals surface area contributed by atoms with Crippen molar-refractivity contribution in [3.8, 4) is 0 Å². The molecule has 1 N–H and O–H groups in total. The summed E-state index contributed by atoms with van der Waals surface area (Å²) < 4.78 is 13.0. The zero-order valence-electron chi connectivity index (χ0n) is 24.6. The number of fused-ring (bicyclic) bond motifs is 1. The minimum absolute atomic E-state index is 0.121. The number of ether oxygens (including phenoxy) is 2. The van der Waals surface area contributed by atoms with E-state index in [1.807, 2.05) is 54.5 Å². The molecule has 0 saturated carbocycles. The van der Waals surface area contributed by atoms with Crippen LogP contribution in [0.3, 0.4) is 0 Å². The van der Waals surface area contributed by atoms with Crippen molar-refractivity contribution in [2.24, 2.45) is 5.92 Å². The van der Waals surface area contributed by atoms with Gasteiger partial charge in [-0.25, -0.2) is 9.78 Å². The third-order valence-electron chi connectivity index (χ3n) is 6.99. The summed E-state index contributed by atoms with van der Waals surface area (Å²) in [5.41, 5.74) is 1.10. The zero-order chi connectivity index (χ0) is 28.9. The Kier molecular flexibility index (Phi) is 9.44. The van der Waals surface area contributed by atoms with E-state index in [1.165, 1.54) is 0 Å². The predicted molar refractivity (Wildman–Crippen MR) is 152 cm³/mol. The number of carbonyl (C=O) groups excluding carboxylic acids is 2. The second kappa shape index (κ2) is 12.8. The zero-order valence-corrected chi connectivity index (χ0v) is 24.6. The number of methoxy groups -OCH3 is 1. The van der Waals surface area contributed by atoms with Crippen molar-refractivity contribution >= 4 is 23.0 Å². The van der Waals surface area contributed by atoms with Crippen molar-refractivity contribution < 1.29 is 19.1 Å². The molecule has 2 atom stereocenters. The van der Waals surface area contributed by atoms with Gasteiger partial charge in [-0.3, -0.25) is 4.79 Å². The monoisotopic (exact) mass is 553 g/mol. The van der Waals surface area contributed by atoms with Gasteiger partial charge in [-0.1, -0.05) is 26.0 Å². The van der Waals surface area contributed by atoms with E-state index in [0.717, 1.165) is 23.9 Å². The molecule has 2 aromatic heterocycles. The quantitative estimate of drug-likeness (QED) is 0.368. The molecule has 218 valence electrons. The second-order valence-corrected chi connectivity index (χ2v) is 12.0. The fourth-order valence-corrected chi connectivity index (χ4v) is 5.29. The molecule has 11 nitrogen and oxygen atoms in total. The number of imidazole rings is 1. The summed E-state index contributed by atoms with van der Waals surface area (Å²) >= 11 is 0. The fourth-order valence-electron chi connectivity index (χ4n) is 5.29. The van der Waals surface area contributed by atoms with Crippen LogP contribution in [-0.4, -0.2) is 91.5 Å². The number of nitrogens with one attached hydrogen (secondary N) is 1. The molecule has 0 aliphatic carbocycles. The molecule has 3 aromatic rings. The lowest BCUT2D eigenvalue weighted by Gasteiger charge is -2.42. The molecular formula is C29H43N7O4. The molecule has 2 amide bonds. The Balaban J connectivity index is 1.68. The number of hydrogen-bond donors (Lipinski definition) is 1. The molecule has 0 unspecified atom stereocenters. The molecule has 3 heterocycles. The largest absolute Gasteiger partial charge is 0.444 e. The average molecular weight is 554 g/mol. The number of aromatic nitrogens is 5. The van der Waals surface area contributed by atoms with Crippen molar-refractivity contribution in [2.75, 3.05) is 33.4 Å². The van der Waals surface area contributed by atoms with Gasteiger partial charge in [-0.2, -0.15) is 0 Å². The van der Waals surface area contributed by atoms with Crippen LogP contribution in [0.1, 0.15) is 76.2 Å². The molecule has 0 bridgehead atoms. The molecule has 1 aliphatic rings. The average Bonchev–Trinajstić information content (AvgIpc) is 3.57. The number of carbonyl (C=O) groups is 2. The maximum atomic E-state index is 14.4. The summed E-state index contributed by atoms with van der Waals surface area (Å²) in [5, 5.41) is 8.21. The van der Waals surface area contributed by atoms with Crippen LogP contribution in [0.4, 0.5) is 4.79 Å². The van der Waals surface area contributed by atoms with Crippen LogP contribution in [-0.2, 0) is 16.0 Å². The highest BCUT2D eigenvalue weighted by atomic mass is 16.6. The predicted octanol–water partition coefficient (Wildman–Crippen LogP) is 4.47. The van der Waals surface area contributed by atoms with Crippen LogP contribution in [0.25, 0.3) is 11.0 Å². The van der Waals surface area contributed by atoms with Gasteiger partial charge in [0.25, 0.3) is 5.91 Å². The van der Waals surface area contributed by atoms with E-state index in [4.69, 9.17) is 14.5 Å². The van der Waals surface area contributed by atoms with Gasteiger partial charge in [0.15, 0.2) is 5.82 Å². The van der Waals surface area contributed by atoms with Crippen LogP contribution in [0.5, 0.6) is 0 Å². The van der Waals surface area contributed by atoms with Gasteiger partial charge in [-0.15, -0.1) is 10.2 Å². The van der Waals surface area contributed by atoms with Crippen LogP contribution in [0.2, 0.25) is 0 Å². The first-order chi connectivity index (χ1) is 19.1. The van der Waals surface area contributed by atoms with Gasteiger partial charge in [0, 0.05) is 45.8 Å². The first-order valence-electron chi connectivity index (χ1n) is 14.2. The highest BCUT2D eigenvalue weighted by molar-refractivity contribution is 5.95. The van der Waals surface area contributed by atoms with E-state index in [9.17, 15) is 9.59 Å². The Morgan fingerprint density at radius 2 is 1.95 bits per heavy atom. The van der Waals surface area contributed by atoms with Crippen molar-refractivity contribution in [3.05, 3.63) is 42.2 Å². The van der Waals surface area contributed by atoms with Gasteiger partial charge in [0.2, 0.25) is 0 Å². The van der Waals surface area contributed by atoms with E-state index < -0.39 is 11.7 Å². The number of likely N-dealkylation sites (tertiary alicyclic amines) is 1. The van der Waals surface area contributed by atoms with Crippen LogP contribution >= 0.6 is 0 Å². The van der Waals surface area contributed by atoms with E-state index in [0.29, 0.717) is 50.9 Å². The number of unbranched alkanes of at least 4 members (excludes halogenated alkanes) is 1. The number of benzene rings is 1.